The lowest BCUT2D eigenvalue weighted by molar-refractivity contribution is 0.415. The van der Waals surface area contributed by atoms with E-state index < -0.39 is 0 Å². The number of nitrogens with zero attached hydrogens (tertiary/aromatic N) is 5. The molecule has 0 unspecified atom stereocenters. The van der Waals surface area contributed by atoms with Crippen molar-refractivity contribution in [2.45, 2.75) is 0 Å². The minimum Gasteiger partial charge on any atom is -0.497 e. The van der Waals surface area contributed by atoms with Crippen molar-refractivity contribution < 1.29 is 4.74 Å². The second-order valence-electron chi connectivity index (χ2n) is 7.85. The van der Waals surface area contributed by atoms with Gasteiger partial charge in [0.05, 0.1) is 17.3 Å². The molecule has 0 aliphatic carbocycles. The van der Waals surface area contributed by atoms with E-state index in [4.69, 9.17) is 9.84 Å². The van der Waals surface area contributed by atoms with Crippen LogP contribution in [-0.2, 0) is 0 Å². The Balaban J connectivity index is 1.48. The SMILES string of the molecule is COc1ccc(-c2nn(-c3ccccc3)cc2/C=c2\sc3nc(-c4ccccc4)nn3c2=O)cc1. The quantitative estimate of drug-likeness (QED) is 0.372. The van der Waals surface area contributed by atoms with Gasteiger partial charge in [0.25, 0.3) is 5.56 Å². The van der Waals surface area contributed by atoms with E-state index in [0.29, 0.717) is 15.3 Å². The summed E-state index contributed by atoms with van der Waals surface area (Å²) in [6.07, 6.45) is 3.79. The number of rotatable bonds is 5. The monoisotopic (exact) mass is 477 g/mol. The summed E-state index contributed by atoms with van der Waals surface area (Å²) in [7, 11) is 1.64. The number of thiazole rings is 1. The third-order valence-corrected chi connectivity index (χ3v) is 6.59. The fraction of sp³-hybridized carbons (Fsp3) is 0.0370. The molecular formula is C27H19N5O2S. The van der Waals surface area contributed by atoms with E-state index in [1.165, 1.54) is 15.9 Å². The molecule has 0 saturated heterocycles. The molecule has 35 heavy (non-hydrogen) atoms. The number of methoxy groups -OCH3 is 1. The molecule has 0 N–H and O–H groups in total. The van der Waals surface area contributed by atoms with Crippen molar-refractivity contribution in [3.8, 4) is 34.1 Å². The molecule has 0 saturated carbocycles. The molecule has 0 bridgehead atoms. The summed E-state index contributed by atoms with van der Waals surface area (Å²) in [5.74, 6) is 1.31. The summed E-state index contributed by atoms with van der Waals surface area (Å²) in [6, 6.07) is 27.2. The Morgan fingerprint density at radius 3 is 2.26 bits per heavy atom. The standard InChI is InChI=1S/C27H19N5O2S/c1-34-22-14-12-18(13-15-22)24-20(17-31(29-24)21-10-6-3-7-11-21)16-23-26(33)32-27(35-23)28-25(30-32)19-8-4-2-5-9-19/h2-17H,1H3/b23-16-. The number of para-hydroxylation sites is 1. The van der Waals surface area contributed by atoms with E-state index in [1.807, 2.05) is 102 Å². The van der Waals surface area contributed by atoms with Crippen LogP contribution in [0.25, 0.3) is 39.4 Å². The van der Waals surface area contributed by atoms with Gasteiger partial charge in [0.1, 0.15) is 11.4 Å². The highest BCUT2D eigenvalue weighted by Gasteiger charge is 2.15. The molecule has 6 rings (SSSR count). The van der Waals surface area contributed by atoms with Crippen LogP contribution in [0.15, 0.2) is 95.9 Å². The minimum absolute atomic E-state index is 0.201. The van der Waals surface area contributed by atoms with Crippen molar-refractivity contribution in [3.05, 3.63) is 112 Å². The van der Waals surface area contributed by atoms with Gasteiger partial charge in [0.15, 0.2) is 5.82 Å². The summed E-state index contributed by atoms with van der Waals surface area (Å²) >= 11 is 1.31. The van der Waals surface area contributed by atoms with Crippen molar-refractivity contribution in [1.29, 1.82) is 0 Å². The number of fused-ring (bicyclic) bond motifs is 1. The van der Waals surface area contributed by atoms with Crippen molar-refractivity contribution in [2.24, 2.45) is 0 Å². The molecule has 7 nitrogen and oxygen atoms in total. The van der Waals surface area contributed by atoms with Crippen LogP contribution in [0, 0.1) is 0 Å². The fourth-order valence-electron chi connectivity index (χ4n) is 3.86. The smallest absolute Gasteiger partial charge is 0.291 e. The largest absolute Gasteiger partial charge is 0.497 e. The van der Waals surface area contributed by atoms with Gasteiger partial charge in [-0.05, 0) is 42.5 Å². The Kier molecular flexibility index (Phi) is 5.20. The molecule has 0 amide bonds. The van der Waals surface area contributed by atoms with E-state index in [0.717, 1.165) is 33.8 Å². The van der Waals surface area contributed by atoms with Gasteiger partial charge in [-0.15, -0.1) is 5.10 Å². The van der Waals surface area contributed by atoms with Gasteiger partial charge in [0.2, 0.25) is 4.96 Å². The van der Waals surface area contributed by atoms with E-state index >= 15 is 0 Å². The highest BCUT2D eigenvalue weighted by atomic mass is 32.1. The number of ether oxygens (including phenoxy) is 1. The van der Waals surface area contributed by atoms with Gasteiger partial charge in [-0.25, -0.2) is 4.68 Å². The van der Waals surface area contributed by atoms with E-state index in [1.54, 1.807) is 7.11 Å². The Bertz CT molecular complexity index is 1740. The first-order valence-corrected chi connectivity index (χ1v) is 11.8. The first-order chi connectivity index (χ1) is 17.2. The highest BCUT2D eigenvalue weighted by Crippen LogP contribution is 2.26. The third-order valence-electron chi connectivity index (χ3n) is 5.63. The van der Waals surface area contributed by atoms with Crippen LogP contribution in [0.1, 0.15) is 5.56 Å². The van der Waals surface area contributed by atoms with Gasteiger partial charge in [-0.3, -0.25) is 4.79 Å². The topological polar surface area (TPSA) is 74.3 Å². The molecule has 0 radical (unpaired) electrons. The zero-order chi connectivity index (χ0) is 23.8. The average molecular weight is 478 g/mol. The zero-order valence-electron chi connectivity index (χ0n) is 18.7. The predicted molar refractivity (Wildman–Crippen MR) is 137 cm³/mol. The molecule has 3 aromatic heterocycles. The maximum atomic E-state index is 13.2. The van der Waals surface area contributed by atoms with Crippen LogP contribution < -0.4 is 14.8 Å². The lowest BCUT2D eigenvalue weighted by Crippen LogP contribution is -2.23. The Morgan fingerprint density at radius 1 is 0.857 bits per heavy atom. The van der Waals surface area contributed by atoms with Crippen molar-refractivity contribution in [2.75, 3.05) is 7.11 Å². The van der Waals surface area contributed by atoms with Crippen molar-refractivity contribution >= 4 is 22.4 Å². The molecule has 0 aliphatic heterocycles. The van der Waals surface area contributed by atoms with Gasteiger partial charge in [-0.2, -0.15) is 14.6 Å². The Morgan fingerprint density at radius 2 is 1.57 bits per heavy atom. The van der Waals surface area contributed by atoms with E-state index in [2.05, 4.69) is 10.1 Å². The summed E-state index contributed by atoms with van der Waals surface area (Å²) in [5.41, 5.74) is 4.11. The lowest BCUT2D eigenvalue weighted by atomic mass is 10.1. The summed E-state index contributed by atoms with van der Waals surface area (Å²) in [6.45, 7) is 0. The molecule has 0 spiro atoms. The highest BCUT2D eigenvalue weighted by molar-refractivity contribution is 7.15. The van der Waals surface area contributed by atoms with Gasteiger partial charge >= 0.3 is 0 Å². The first-order valence-electron chi connectivity index (χ1n) is 11.0. The fourth-order valence-corrected chi connectivity index (χ4v) is 4.76. The first kappa shape index (κ1) is 21.0. The molecular weight excluding hydrogens is 458 g/mol. The van der Waals surface area contributed by atoms with Gasteiger partial charge in [-0.1, -0.05) is 59.9 Å². The summed E-state index contributed by atoms with van der Waals surface area (Å²) < 4.78 is 9.03. The number of benzene rings is 3. The third kappa shape index (κ3) is 3.89. The van der Waals surface area contributed by atoms with Crippen LogP contribution in [0.4, 0.5) is 0 Å². The second kappa shape index (κ2) is 8.66. The number of aromatic nitrogens is 5. The van der Waals surface area contributed by atoms with E-state index in [-0.39, 0.29) is 5.56 Å². The van der Waals surface area contributed by atoms with Crippen LogP contribution >= 0.6 is 11.3 Å². The van der Waals surface area contributed by atoms with Crippen LogP contribution in [0.5, 0.6) is 5.75 Å². The maximum absolute atomic E-state index is 13.2. The zero-order valence-corrected chi connectivity index (χ0v) is 19.5. The summed E-state index contributed by atoms with van der Waals surface area (Å²) in [5, 5.41) is 9.28. The Hall–Kier alpha value is -4.56. The molecule has 3 aromatic carbocycles. The minimum atomic E-state index is -0.201. The lowest BCUT2D eigenvalue weighted by Gasteiger charge is -2.02. The molecule has 0 fully saturated rings. The molecule has 0 aliphatic rings. The molecule has 3 heterocycles. The molecule has 6 aromatic rings. The normalized spacial score (nSPS) is 11.9. The Labute approximate surface area is 204 Å². The van der Waals surface area contributed by atoms with Gasteiger partial charge < -0.3 is 4.74 Å². The van der Waals surface area contributed by atoms with Gasteiger partial charge in [0, 0.05) is 22.9 Å². The van der Waals surface area contributed by atoms with Crippen molar-refractivity contribution in [1.82, 2.24) is 24.4 Å². The van der Waals surface area contributed by atoms with Crippen LogP contribution in [0.2, 0.25) is 0 Å². The molecule has 0 atom stereocenters. The average Bonchev–Trinajstić information content (AvgIpc) is 3.60. The molecule has 170 valence electrons. The van der Waals surface area contributed by atoms with Crippen molar-refractivity contribution in [3.63, 3.8) is 0 Å². The second-order valence-corrected chi connectivity index (χ2v) is 8.86. The van der Waals surface area contributed by atoms with E-state index in [9.17, 15) is 4.79 Å². The predicted octanol–water partition coefficient (Wildman–Crippen LogP) is 4.23. The van der Waals surface area contributed by atoms with Crippen LogP contribution in [0.3, 0.4) is 0 Å². The van der Waals surface area contributed by atoms with Crippen LogP contribution in [-0.4, -0.2) is 31.5 Å². The number of hydrogen-bond acceptors (Lipinski definition) is 6. The maximum Gasteiger partial charge on any atom is 0.291 e. The summed E-state index contributed by atoms with van der Waals surface area (Å²) in [4.78, 5) is 18.3. The molecule has 8 heteroatoms. The number of hydrogen-bond donors (Lipinski definition) is 0.